The summed E-state index contributed by atoms with van der Waals surface area (Å²) in [7, 11) is 0. The lowest BCUT2D eigenvalue weighted by molar-refractivity contribution is 0.0528. The molecule has 1 nitrogen and oxygen atoms in total. The van der Waals surface area contributed by atoms with E-state index in [1.54, 1.807) is 0 Å². The molecule has 1 aliphatic heterocycles. The molecule has 0 aliphatic carbocycles. The molecule has 0 aromatic carbocycles. The molecular formula is C8H15ClO. The van der Waals surface area contributed by atoms with Gasteiger partial charge in [-0.15, -0.1) is 11.6 Å². The largest absolute Gasteiger partial charge is 0.381 e. The minimum atomic E-state index is 0.672. The van der Waals surface area contributed by atoms with Gasteiger partial charge in [0.05, 0.1) is 0 Å². The van der Waals surface area contributed by atoms with Crippen molar-refractivity contribution in [2.24, 2.45) is 11.8 Å². The van der Waals surface area contributed by atoms with Crippen LogP contribution in [0.25, 0.3) is 0 Å². The van der Waals surface area contributed by atoms with E-state index in [9.17, 15) is 0 Å². The maximum atomic E-state index is 5.74. The maximum Gasteiger partial charge on any atom is 0.0468 e. The Hall–Kier alpha value is 0.250. The van der Waals surface area contributed by atoms with E-state index in [0.29, 0.717) is 5.92 Å². The molecule has 1 aliphatic rings. The van der Waals surface area contributed by atoms with Gasteiger partial charge in [-0.05, 0) is 24.7 Å². The summed E-state index contributed by atoms with van der Waals surface area (Å²) in [6.07, 6.45) is 2.40. The van der Waals surface area contributed by atoms with Gasteiger partial charge in [0.25, 0.3) is 0 Å². The van der Waals surface area contributed by atoms with Crippen LogP contribution in [0.3, 0.4) is 0 Å². The Balaban J connectivity index is 2.24. The van der Waals surface area contributed by atoms with Gasteiger partial charge >= 0.3 is 0 Å². The third-order valence-corrected chi connectivity index (χ3v) is 2.80. The van der Waals surface area contributed by atoms with E-state index in [-0.39, 0.29) is 0 Å². The van der Waals surface area contributed by atoms with Crippen LogP contribution < -0.4 is 0 Å². The van der Waals surface area contributed by atoms with Crippen molar-refractivity contribution in [2.75, 3.05) is 19.1 Å². The molecule has 1 atom stereocenters. The highest BCUT2D eigenvalue weighted by atomic mass is 35.5. The molecule has 10 heavy (non-hydrogen) atoms. The molecule has 1 fully saturated rings. The molecule has 60 valence electrons. The Kier molecular flexibility index (Phi) is 3.50. The second-order valence-electron chi connectivity index (χ2n) is 3.08. The fourth-order valence-corrected chi connectivity index (χ4v) is 1.66. The summed E-state index contributed by atoms with van der Waals surface area (Å²) in [6, 6.07) is 0. The first-order valence-electron chi connectivity index (χ1n) is 3.98. The molecule has 0 saturated carbocycles. The highest BCUT2D eigenvalue weighted by Crippen LogP contribution is 2.23. The SMILES string of the molecule is CC(CCl)C1CCOCC1. The van der Waals surface area contributed by atoms with Gasteiger partial charge in [0.1, 0.15) is 0 Å². The lowest BCUT2D eigenvalue weighted by atomic mass is 9.89. The monoisotopic (exact) mass is 162 g/mol. The molecule has 0 amide bonds. The predicted molar refractivity (Wildman–Crippen MR) is 43.4 cm³/mol. The van der Waals surface area contributed by atoms with Gasteiger partial charge in [-0.2, -0.15) is 0 Å². The Morgan fingerprint density at radius 3 is 2.60 bits per heavy atom. The van der Waals surface area contributed by atoms with Crippen molar-refractivity contribution < 1.29 is 4.74 Å². The van der Waals surface area contributed by atoms with Crippen LogP contribution in [0.5, 0.6) is 0 Å². The van der Waals surface area contributed by atoms with E-state index < -0.39 is 0 Å². The van der Waals surface area contributed by atoms with Gasteiger partial charge in [-0.1, -0.05) is 6.92 Å². The van der Waals surface area contributed by atoms with Gasteiger partial charge in [-0.25, -0.2) is 0 Å². The lowest BCUT2D eigenvalue weighted by Crippen LogP contribution is -2.22. The van der Waals surface area contributed by atoms with Crippen molar-refractivity contribution in [3.63, 3.8) is 0 Å². The summed E-state index contributed by atoms with van der Waals surface area (Å²) in [5.74, 6) is 2.28. The highest BCUT2D eigenvalue weighted by Gasteiger charge is 2.18. The summed E-state index contributed by atoms with van der Waals surface area (Å²) in [4.78, 5) is 0. The molecule has 0 aromatic heterocycles. The highest BCUT2D eigenvalue weighted by molar-refractivity contribution is 6.18. The number of hydrogen-bond donors (Lipinski definition) is 0. The second-order valence-corrected chi connectivity index (χ2v) is 3.39. The van der Waals surface area contributed by atoms with E-state index in [1.165, 1.54) is 12.8 Å². The normalized spacial score (nSPS) is 24.6. The molecule has 0 bridgehead atoms. The van der Waals surface area contributed by atoms with E-state index in [1.807, 2.05) is 0 Å². The molecule has 1 heterocycles. The summed E-state index contributed by atoms with van der Waals surface area (Å²) in [6.45, 7) is 4.10. The number of ether oxygens (including phenoxy) is 1. The van der Waals surface area contributed by atoms with Crippen molar-refractivity contribution in [1.29, 1.82) is 0 Å². The second kappa shape index (κ2) is 4.20. The third-order valence-electron chi connectivity index (χ3n) is 2.31. The molecule has 2 heteroatoms. The van der Waals surface area contributed by atoms with Gasteiger partial charge in [-0.3, -0.25) is 0 Å². The molecule has 0 N–H and O–H groups in total. The first kappa shape index (κ1) is 8.35. The molecular weight excluding hydrogens is 148 g/mol. The number of halogens is 1. The molecule has 1 saturated heterocycles. The molecule has 0 radical (unpaired) electrons. The van der Waals surface area contributed by atoms with E-state index in [2.05, 4.69) is 6.92 Å². The Morgan fingerprint density at radius 2 is 2.10 bits per heavy atom. The van der Waals surface area contributed by atoms with Crippen molar-refractivity contribution in [2.45, 2.75) is 19.8 Å². The number of rotatable bonds is 2. The first-order valence-corrected chi connectivity index (χ1v) is 4.51. The summed E-state index contributed by atoms with van der Waals surface area (Å²) < 4.78 is 5.25. The Bertz CT molecular complexity index is 89.3. The number of alkyl halides is 1. The van der Waals surface area contributed by atoms with Crippen molar-refractivity contribution in [3.8, 4) is 0 Å². The average Bonchev–Trinajstić information content (AvgIpc) is 2.05. The minimum Gasteiger partial charge on any atom is -0.381 e. The van der Waals surface area contributed by atoms with Crippen LogP contribution >= 0.6 is 11.6 Å². The Morgan fingerprint density at radius 1 is 1.50 bits per heavy atom. The zero-order chi connectivity index (χ0) is 7.40. The predicted octanol–water partition coefficient (Wildman–Crippen LogP) is 2.29. The fraction of sp³-hybridized carbons (Fsp3) is 1.00. The average molecular weight is 163 g/mol. The van der Waals surface area contributed by atoms with Crippen LogP contribution in [0.1, 0.15) is 19.8 Å². The van der Waals surface area contributed by atoms with E-state index in [0.717, 1.165) is 25.0 Å². The standard InChI is InChI=1S/C8H15ClO/c1-7(6-9)8-2-4-10-5-3-8/h7-8H,2-6H2,1H3. The van der Waals surface area contributed by atoms with Crippen LogP contribution in [-0.4, -0.2) is 19.1 Å². The topological polar surface area (TPSA) is 9.23 Å². The van der Waals surface area contributed by atoms with Gasteiger partial charge in [0.15, 0.2) is 0 Å². The zero-order valence-corrected chi connectivity index (χ0v) is 7.23. The number of hydrogen-bond acceptors (Lipinski definition) is 1. The van der Waals surface area contributed by atoms with Crippen LogP contribution in [-0.2, 0) is 4.74 Å². The maximum absolute atomic E-state index is 5.74. The van der Waals surface area contributed by atoms with Crippen LogP contribution in [0.15, 0.2) is 0 Å². The van der Waals surface area contributed by atoms with Crippen molar-refractivity contribution >= 4 is 11.6 Å². The van der Waals surface area contributed by atoms with Crippen molar-refractivity contribution in [1.82, 2.24) is 0 Å². The smallest absolute Gasteiger partial charge is 0.0468 e. The minimum absolute atomic E-state index is 0.672. The third kappa shape index (κ3) is 2.14. The van der Waals surface area contributed by atoms with Gasteiger partial charge in [0.2, 0.25) is 0 Å². The Labute approximate surface area is 67.7 Å². The van der Waals surface area contributed by atoms with E-state index >= 15 is 0 Å². The lowest BCUT2D eigenvalue weighted by Gasteiger charge is -2.26. The van der Waals surface area contributed by atoms with Crippen molar-refractivity contribution in [3.05, 3.63) is 0 Å². The summed E-state index contributed by atoms with van der Waals surface area (Å²) in [5.41, 5.74) is 0. The molecule has 1 unspecified atom stereocenters. The quantitative estimate of drug-likeness (QED) is 0.567. The van der Waals surface area contributed by atoms with Gasteiger partial charge < -0.3 is 4.74 Å². The summed E-state index contributed by atoms with van der Waals surface area (Å²) in [5, 5.41) is 0. The van der Waals surface area contributed by atoms with Crippen LogP contribution in [0, 0.1) is 11.8 Å². The molecule has 0 spiro atoms. The van der Waals surface area contributed by atoms with E-state index in [4.69, 9.17) is 16.3 Å². The molecule has 0 aromatic rings. The zero-order valence-electron chi connectivity index (χ0n) is 6.48. The molecule has 1 rings (SSSR count). The first-order chi connectivity index (χ1) is 4.84. The van der Waals surface area contributed by atoms with Crippen LogP contribution in [0.2, 0.25) is 0 Å². The van der Waals surface area contributed by atoms with Gasteiger partial charge in [0, 0.05) is 19.1 Å². The fourth-order valence-electron chi connectivity index (χ4n) is 1.41. The van der Waals surface area contributed by atoms with Crippen LogP contribution in [0.4, 0.5) is 0 Å². The summed E-state index contributed by atoms with van der Waals surface area (Å²) >= 11 is 5.74.